The zero-order valence-corrected chi connectivity index (χ0v) is 18.7. The molecule has 140 valence electrons. The molecule has 4 nitrogen and oxygen atoms in total. The van der Waals surface area contributed by atoms with Crippen molar-refractivity contribution in [3.05, 3.63) is 42.5 Å². The Balaban J connectivity index is 2.46. The van der Waals surface area contributed by atoms with Crippen LogP contribution in [0.1, 0.15) is 20.8 Å². The van der Waals surface area contributed by atoms with Gasteiger partial charge >= 0.3 is 0 Å². The van der Waals surface area contributed by atoms with Gasteiger partial charge in [-0.2, -0.15) is 0 Å². The smallest absolute Gasteiger partial charge is 0.192 e. The fourth-order valence-corrected chi connectivity index (χ4v) is 6.68. The molecule has 7 heteroatoms. The first kappa shape index (κ1) is 20.8. The second-order valence-corrected chi connectivity index (χ2v) is 15.9. The summed E-state index contributed by atoms with van der Waals surface area (Å²) in [5, 5.41) is 9.31. The summed E-state index contributed by atoms with van der Waals surface area (Å²) >= 11 is 3.48. The van der Waals surface area contributed by atoms with Crippen molar-refractivity contribution in [3.8, 4) is 0 Å². The highest BCUT2D eigenvalue weighted by Crippen LogP contribution is 2.41. The Bertz CT molecular complexity index is 725. The van der Waals surface area contributed by atoms with E-state index >= 15 is 0 Å². The molecule has 4 atom stereocenters. The van der Waals surface area contributed by atoms with E-state index in [2.05, 4.69) is 49.8 Å². The maximum atomic E-state index is 13.2. The summed E-state index contributed by atoms with van der Waals surface area (Å²) in [6.07, 6.45) is 1.68. The van der Waals surface area contributed by atoms with Crippen molar-refractivity contribution in [1.82, 2.24) is 0 Å². The standard InChI is InChI=1S/C18H27BrO4SSi/c1-18(2,3)25(4,5)23-17-15(12-11-14(20)16(17)19)24(21,22)13-9-7-6-8-10-13/h6-12,14-17,20H,1-5H3/t14-,15+,16-,17-/m0/s1. The molecule has 0 amide bonds. The molecule has 0 spiro atoms. The second-order valence-electron chi connectivity index (χ2n) is 7.99. The van der Waals surface area contributed by atoms with Crippen LogP contribution in [0.2, 0.25) is 18.1 Å². The highest BCUT2D eigenvalue weighted by atomic mass is 79.9. The van der Waals surface area contributed by atoms with Gasteiger partial charge in [-0.3, -0.25) is 0 Å². The summed E-state index contributed by atoms with van der Waals surface area (Å²) in [5.41, 5.74) is 0. The predicted octanol–water partition coefficient (Wildman–Crippen LogP) is 3.91. The molecule has 0 aromatic heterocycles. The van der Waals surface area contributed by atoms with E-state index in [4.69, 9.17) is 4.43 Å². The van der Waals surface area contributed by atoms with Crippen molar-refractivity contribution in [2.45, 2.75) is 66.1 Å². The third-order valence-corrected chi connectivity index (χ3v) is 12.7. The fraction of sp³-hybridized carbons (Fsp3) is 0.556. The van der Waals surface area contributed by atoms with Crippen LogP contribution in [0.3, 0.4) is 0 Å². The number of alkyl halides is 1. The van der Waals surface area contributed by atoms with E-state index in [0.29, 0.717) is 0 Å². The van der Waals surface area contributed by atoms with E-state index in [0.717, 1.165) is 0 Å². The van der Waals surface area contributed by atoms with Crippen LogP contribution in [0.25, 0.3) is 0 Å². The number of hydrogen-bond acceptors (Lipinski definition) is 4. The molecule has 0 bridgehead atoms. The molecule has 0 fully saturated rings. The minimum absolute atomic E-state index is 0.0626. The molecule has 0 saturated heterocycles. The summed E-state index contributed by atoms with van der Waals surface area (Å²) in [7, 11) is -5.84. The highest BCUT2D eigenvalue weighted by molar-refractivity contribution is 9.09. The number of hydrogen-bond donors (Lipinski definition) is 1. The summed E-state index contributed by atoms with van der Waals surface area (Å²) in [5.74, 6) is 0. The molecule has 25 heavy (non-hydrogen) atoms. The van der Waals surface area contributed by atoms with Crippen LogP contribution in [0.4, 0.5) is 0 Å². The fourth-order valence-electron chi connectivity index (χ4n) is 2.51. The number of rotatable bonds is 4. The maximum absolute atomic E-state index is 13.2. The normalized spacial score (nSPS) is 28.1. The molecule has 0 heterocycles. The number of benzene rings is 1. The third kappa shape index (κ3) is 4.27. The highest BCUT2D eigenvalue weighted by Gasteiger charge is 2.48. The minimum Gasteiger partial charge on any atom is -0.411 e. The van der Waals surface area contributed by atoms with Crippen LogP contribution in [0.5, 0.6) is 0 Å². The van der Waals surface area contributed by atoms with Crippen molar-refractivity contribution in [1.29, 1.82) is 0 Å². The van der Waals surface area contributed by atoms with Crippen LogP contribution in [0, 0.1) is 0 Å². The van der Waals surface area contributed by atoms with Crippen LogP contribution in [0.15, 0.2) is 47.4 Å². The number of sulfone groups is 1. The molecule has 1 N–H and O–H groups in total. The molecule has 1 aromatic rings. The molecule has 0 unspecified atom stereocenters. The van der Waals surface area contributed by atoms with Crippen molar-refractivity contribution in [2.75, 3.05) is 0 Å². The van der Waals surface area contributed by atoms with Gasteiger partial charge in [0, 0.05) is 0 Å². The lowest BCUT2D eigenvalue weighted by Crippen LogP contribution is -2.54. The Morgan fingerprint density at radius 1 is 1.12 bits per heavy atom. The lowest BCUT2D eigenvalue weighted by atomic mass is 10.0. The first-order chi connectivity index (χ1) is 11.4. The molecule has 0 aliphatic heterocycles. The van der Waals surface area contributed by atoms with E-state index in [-0.39, 0.29) is 9.93 Å². The van der Waals surface area contributed by atoms with Gasteiger partial charge in [0.15, 0.2) is 18.2 Å². The first-order valence-corrected chi connectivity index (χ1v) is 13.7. The van der Waals surface area contributed by atoms with Gasteiger partial charge in [-0.25, -0.2) is 8.42 Å². The third-order valence-electron chi connectivity index (χ3n) is 5.13. The van der Waals surface area contributed by atoms with Crippen molar-refractivity contribution in [3.63, 3.8) is 0 Å². The maximum Gasteiger partial charge on any atom is 0.192 e. The summed E-state index contributed by atoms with van der Waals surface area (Å²) in [6.45, 7) is 10.5. The van der Waals surface area contributed by atoms with E-state index in [1.165, 1.54) is 6.08 Å². The Morgan fingerprint density at radius 2 is 1.68 bits per heavy atom. The molecule has 2 rings (SSSR count). The van der Waals surface area contributed by atoms with Gasteiger partial charge in [0.2, 0.25) is 0 Å². The van der Waals surface area contributed by atoms with Gasteiger partial charge in [0.25, 0.3) is 0 Å². The van der Waals surface area contributed by atoms with E-state index < -0.39 is 40.4 Å². The first-order valence-electron chi connectivity index (χ1n) is 8.35. The molecule has 1 aromatic carbocycles. The predicted molar refractivity (Wildman–Crippen MR) is 107 cm³/mol. The van der Waals surface area contributed by atoms with Crippen LogP contribution in [-0.4, -0.2) is 44.1 Å². The number of halogens is 1. The van der Waals surface area contributed by atoms with Gasteiger partial charge in [-0.1, -0.05) is 67.1 Å². The molecular weight excluding hydrogens is 420 g/mol. The van der Waals surface area contributed by atoms with Crippen molar-refractivity contribution >= 4 is 34.1 Å². The van der Waals surface area contributed by atoms with E-state index in [9.17, 15) is 13.5 Å². The Morgan fingerprint density at radius 3 is 2.20 bits per heavy atom. The zero-order chi connectivity index (χ0) is 19.0. The SMILES string of the molecule is CC(C)(C)[Si](C)(C)O[C@@H]1[C@@H](Br)[C@@H](O)C=C[C@H]1S(=O)(=O)c1ccccc1. The average Bonchev–Trinajstić information content (AvgIpc) is 2.51. The van der Waals surface area contributed by atoms with E-state index in [1.54, 1.807) is 36.4 Å². The van der Waals surface area contributed by atoms with Gasteiger partial charge < -0.3 is 9.53 Å². The zero-order valence-electron chi connectivity index (χ0n) is 15.3. The van der Waals surface area contributed by atoms with Gasteiger partial charge in [-0.15, -0.1) is 0 Å². The Labute approximate surface area is 160 Å². The lowest BCUT2D eigenvalue weighted by molar-refractivity contribution is 0.116. The topological polar surface area (TPSA) is 63.6 Å². The van der Waals surface area contributed by atoms with Crippen molar-refractivity contribution in [2.24, 2.45) is 0 Å². The number of aliphatic hydroxyl groups excluding tert-OH is 1. The average molecular weight is 447 g/mol. The van der Waals surface area contributed by atoms with Crippen molar-refractivity contribution < 1.29 is 18.0 Å². The summed E-state index contributed by atoms with van der Waals surface area (Å²) in [6, 6.07) is 8.41. The second kappa shape index (κ2) is 7.27. The van der Waals surface area contributed by atoms with Crippen LogP contribution >= 0.6 is 15.9 Å². The monoisotopic (exact) mass is 446 g/mol. The molecule has 0 radical (unpaired) electrons. The largest absolute Gasteiger partial charge is 0.411 e. The van der Waals surface area contributed by atoms with Crippen LogP contribution in [-0.2, 0) is 14.3 Å². The molecule has 1 aliphatic carbocycles. The number of aliphatic hydroxyl groups is 1. The van der Waals surface area contributed by atoms with Crippen LogP contribution < -0.4 is 0 Å². The van der Waals surface area contributed by atoms with Gasteiger partial charge in [0.05, 0.1) is 21.9 Å². The summed E-state index contributed by atoms with van der Waals surface area (Å²) in [4.78, 5) is -0.209. The molecule has 1 aliphatic rings. The molecule has 0 saturated carbocycles. The van der Waals surface area contributed by atoms with Gasteiger partial charge in [-0.05, 0) is 30.3 Å². The summed E-state index contributed by atoms with van der Waals surface area (Å²) < 4.78 is 32.8. The quantitative estimate of drug-likeness (QED) is 0.432. The van der Waals surface area contributed by atoms with Gasteiger partial charge in [0.1, 0.15) is 5.25 Å². The molecular formula is C18H27BrO4SSi. The Hall–Kier alpha value is -0.473. The lowest BCUT2D eigenvalue weighted by Gasteiger charge is -2.44. The Kier molecular flexibility index (Phi) is 6.06. The minimum atomic E-state index is -3.62. The van der Waals surface area contributed by atoms with E-state index in [1.807, 2.05) is 0 Å².